The third-order valence-corrected chi connectivity index (χ3v) is 6.76. The lowest BCUT2D eigenvalue weighted by Gasteiger charge is -2.40. The monoisotopic (exact) mass is 416 g/mol. The summed E-state index contributed by atoms with van der Waals surface area (Å²) in [5.74, 6) is 1.56. The Balaban J connectivity index is 2.00. The summed E-state index contributed by atoms with van der Waals surface area (Å²) in [5, 5.41) is 5.57. The molecular weight excluding hydrogens is 384 g/mol. The molecule has 2 heterocycles. The van der Waals surface area contributed by atoms with Crippen LogP contribution in [0.2, 0.25) is 0 Å². The van der Waals surface area contributed by atoms with Crippen LogP contribution in [0.3, 0.4) is 0 Å². The summed E-state index contributed by atoms with van der Waals surface area (Å²) in [5.41, 5.74) is 2.24. The number of ether oxygens (including phenoxy) is 2. The molecule has 3 rings (SSSR count). The Hall–Kier alpha value is -2.05. The van der Waals surface area contributed by atoms with Crippen molar-refractivity contribution in [1.29, 1.82) is 0 Å². The van der Waals surface area contributed by atoms with Crippen molar-refractivity contribution in [2.45, 2.75) is 58.2 Å². The lowest BCUT2D eigenvalue weighted by Crippen LogP contribution is -2.54. The highest BCUT2D eigenvalue weighted by Crippen LogP contribution is 2.42. The summed E-state index contributed by atoms with van der Waals surface area (Å²) in [7, 11) is 3.30. The maximum Gasteiger partial charge on any atom is 0.240 e. The van der Waals surface area contributed by atoms with E-state index < -0.39 is 0 Å². The van der Waals surface area contributed by atoms with E-state index in [4.69, 9.17) is 9.47 Å². The van der Waals surface area contributed by atoms with Crippen LogP contribution >= 0.6 is 11.3 Å². The summed E-state index contributed by atoms with van der Waals surface area (Å²) >= 11 is 1.68. The Kier molecular flexibility index (Phi) is 6.54. The van der Waals surface area contributed by atoms with Gasteiger partial charge in [-0.25, -0.2) is 0 Å². The first-order valence-electron chi connectivity index (χ1n) is 10.2. The molecule has 5 nitrogen and oxygen atoms in total. The van der Waals surface area contributed by atoms with Gasteiger partial charge in [-0.1, -0.05) is 13.0 Å². The van der Waals surface area contributed by atoms with Crippen molar-refractivity contribution >= 4 is 17.2 Å². The van der Waals surface area contributed by atoms with Gasteiger partial charge < -0.3 is 19.7 Å². The molecule has 1 aromatic heterocycles. The first-order valence-corrected chi connectivity index (χ1v) is 11.1. The van der Waals surface area contributed by atoms with Crippen molar-refractivity contribution in [3.05, 3.63) is 45.6 Å². The number of nitrogens with zero attached hydrogens (tertiary/aromatic N) is 1. The second-order valence-electron chi connectivity index (χ2n) is 8.21. The second kappa shape index (κ2) is 8.76. The molecule has 158 valence electrons. The molecule has 1 amide bonds. The quantitative estimate of drug-likeness (QED) is 0.727. The molecule has 1 N–H and O–H groups in total. The highest BCUT2D eigenvalue weighted by atomic mass is 32.1. The highest BCUT2D eigenvalue weighted by molar-refractivity contribution is 7.10. The van der Waals surface area contributed by atoms with Gasteiger partial charge in [0, 0.05) is 17.0 Å². The predicted octanol–water partition coefficient (Wildman–Crippen LogP) is 4.41. The maximum absolute atomic E-state index is 13.5. The van der Waals surface area contributed by atoms with Gasteiger partial charge in [-0.2, -0.15) is 0 Å². The van der Waals surface area contributed by atoms with Gasteiger partial charge in [-0.05, 0) is 68.3 Å². The molecule has 1 aliphatic heterocycles. The van der Waals surface area contributed by atoms with E-state index in [1.165, 1.54) is 5.56 Å². The van der Waals surface area contributed by atoms with Gasteiger partial charge in [0.2, 0.25) is 5.91 Å². The number of nitrogens with one attached hydrogen (secondary N) is 1. The molecule has 0 radical (unpaired) electrons. The zero-order valence-electron chi connectivity index (χ0n) is 18.2. The summed E-state index contributed by atoms with van der Waals surface area (Å²) in [6.45, 7) is 9.06. The first kappa shape index (κ1) is 21.7. The van der Waals surface area contributed by atoms with E-state index in [2.05, 4.69) is 43.6 Å². The second-order valence-corrected chi connectivity index (χ2v) is 9.19. The molecule has 2 aromatic rings. The average Bonchev–Trinajstić information content (AvgIpc) is 3.25. The highest BCUT2D eigenvalue weighted by Gasteiger charge is 2.36. The largest absolute Gasteiger partial charge is 0.493 e. The van der Waals surface area contributed by atoms with Crippen molar-refractivity contribution in [3.63, 3.8) is 0 Å². The third kappa shape index (κ3) is 4.43. The van der Waals surface area contributed by atoms with Gasteiger partial charge in [0.25, 0.3) is 0 Å². The Morgan fingerprint density at radius 2 is 2.00 bits per heavy atom. The van der Waals surface area contributed by atoms with Crippen LogP contribution in [0.4, 0.5) is 0 Å². The van der Waals surface area contributed by atoms with E-state index >= 15 is 0 Å². The molecule has 2 atom stereocenters. The molecule has 29 heavy (non-hydrogen) atoms. The number of carbonyl (C=O) groups excluding carboxylic acids is 1. The van der Waals surface area contributed by atoms with Crippen LogP contribution in [0.1, 0.15) is 56.2 Å². The molecule has 0 saturated carbocycles. The van der Waals surface area contributed by atoms with Gasteiger partial charge in [-0.15, -0.1) is 11.3 Å². The van der Waals surface area contributed by atoms with E-state index in [1.807, 2.05) is 24.0 Å². The molecule has 0 spiro atoms. The van der Waals surface area contributed by atoms with Crippen molar-refractivity contribution in [1.82, 2.24) is 10.2 Å². The number of rotatable bonds is 7. The van der Waals surface area contributed by atoms with E-state index in [1.54, 1.807) is 25.6 Å². The summed E-state index contributed by atoms with van der Waals surface area (Å²) in [6.07, 6.45) is 1.76. The van der Waals surface area contributed by atoms with Crippen molar-refractivity contribution in [2.75, 3.05) is 20.8 Å². The molecule has 1 aliphatic rings. The number of amides is 1. The number of carbonyl (C=O) groups is 1. The third-order valence-electron chi connectivity index (χ3n) is 5.83. The van der Waals surface area contributed by atoms with E-state index in [0.717, 1.165) is 29.0 Å². The zero-order chi connectivity index (χ0) is 21.2. The number of hydrogen-bond donors (Lipinski definition) is 1. The van der Waals surface area contributed by atoms with E-state index in [9.17, 15) is 4.79 Å². The lowest BCUT2D eigenvalue weighted by molar-refractivity contribution is -0.135. The average molecular weight is 417 g/mol. The van der Waals surface area contributed by atoms with Gasteiger partial charge in [0.15, 0.2) is 11.5 Å². The summed E-state index contributed by atoms with van der Waals surface area (Å²) in [6, 6.07) is 7.87. The number of methoxy groups -OCH3 is 2. The predicted molar refractivity (Wildman–Crippen MR) is 118 cm³/mol. The molecule has 1 aromatic carbocycles. The Morgan fingerprint density at radius 3 is 2.59 bits per heavy atom. The summed E-state index contributed by atoms with van der Waals surface area (Å²) < 4.78 is 11.0. The van der Waals surface area contributed by atoms with Crippen LogP contribution < -0.4 is 14.8 Å². The fourth-order valence-corrected chi connectivity index (χ4v) is 4.79. The summed E-state index contributed by atoms with van der Waals surface area (Å²) in [4.78, 5) is 16.7. The van der Waals surface area contributed by atoms with Crippen molar-refractivity contribution < 1.29 is 14.3 Å². The van der Waals surface area contributed by atoms with Gasteiger partial charge in [-0.3, -0.25) is 4.79 Å². The van der Waals surface area contributed by atoms with Crippen LogP contribution in [-0.2, 0) is 11.2 Å². The van der Waals surface area contributed by atoms with Crippen LogP contribution in [-0.4, -0.2) is 43.2 Å². The molecule has 0 saturated heterocycles. The SMILES string of the molecule is CCC(C)(C)N[C@H](C)C(=O)N1CCc2cc(OC)c(OC)cc2[C@@H]1c1cccs1. The normalized spacial score (nSPS) is 17.6. The number of hydrogen-bond acceptors (Lipinski definition) is 5. The van der Waals surface area contributed by atoms with Crippen LogP contribution in [0.25, 0.3) is 0 Å². The minimum atomic E-state index is -0.255. The zero-order valence-corrected chi connectivity index (χ0v) is 19.1. The van der Waals surface area contributed by atoms with Crippen LogP contribution in [0.5, 0.6) is 11.5 Å². The van der Waals surface area contributed by atoms with Gasteiger partial charge >= 0.3 is 0 Å². The number of benzene rings is 1. The fraction of sp³-hybridized carbons (Fsp3) is 0.522. The van der Waals surface area contributed by atoms with Gasteiger partial charge in [0.1, 0.15) is 0 Å². The molecule has 0 unspecified atom stereocenters. The minimum Gasteiger partial charge on any atom is -0.493 e. The van der Waals surface area contributed by atoms with Crippen LogP contribution in [0, 0.1) is 0 Å². The van der Waals surface area contributed by atoms with E-state index in [-0.39, 0.29) is 23.5 Å². The minimum absolute atomic E-state index is 0.0855. The van der Waals surface area contributed by atoms with Gasteiger partial charge in [0.05, 0.1) is 26.3 Å². The molecule has 6 heteroatoms. The smallest absolute Gasteiger partial charge is 0.240 e. The standard InChI is InChI=1S/C23H32N2O3S/c1-7-23(3,4)24-15(2)22(26)25-11-10-16-13-18(27-5)19(28-6)14-17(16)21(25)20-9-8-12-29-20/h8-9,12-15,21,24H,7,10-11H2,1-6H3/t15-,21-/m1/s1. The van der Waals surface area contributed by atoms with Crippen molar-refractivity contribution in [3.8, 4) is 11.5 Å². The lowest BCUT2D eigenvalue weighted by atomic mass is 9.90. The molecule has 0 aliphatic carbocycles. The molecular formula is C23H32N2O3S. The Labute approximate surface area is 178 Å². The van der Waals surface area contributed by atoms with Crippen molar-refractivity contribution in [2.24, 2.45) is 0 Å². The Morgan fingerprint density at radius 1 is 1.31 bits per heavy atom. The first-order chi connectivity index (χ1) is 13.8. The van der Waals surface area contributed by atoms with E-state index in [0.29, 0.717) is 12.3 Å². The maximum atomic E-state index is 13.5. The topological polar surface area (TPSA) is 50.8 Å². The molecule has 0 bridgehead atoms. The number of thiophene rings is 1. The number of fused-ring (bicyclic) bond motifs is 1. The fourth-order valence-electron chi connectivity index (χ4n) is 3.94. The Bertz CT molecular complexity index is 848. The molecule has 0 fully saturated rings. The van der Waals surface area contributed by atoms with Crippen LogP contribution in [0.15, 0.2) is 29.6 Å².